The fourth-order valence-corrected chi connectivity index (χ4v) is 1.29. The van der Waals surface area contributed by atoms with E-state index in [1.807, 2.05) is 0 Å². The van der Waals surface area contributed by atoms with Gasteiger partial charge in [0.05, 0.1) is 0 Å². The van der Waals surface area contributed by atoms with Crippen LogP contribution in [0, 0.1) is 0 Å². The van der Waals surface area contributed by atoms with Gasteiger partial charge in [-0.25, -0.2) is 4.79 Å². The Kier molecular flexibility index (Phi) is 3.94. The van der Waals surface area contributed by atoms with Crippen molar-refractivity contribution in [2.45, 2.75) is 45.6 Å². The predicted octanol–water partition coefficient (Wildman–Crippen LogP) is -0.00820. The number of aliphatic hydroxyl groups is 1. The van der Waals surface area contributed by atoms with Crippen LogP contribution >= 0.6 is 0 Å². The molecule has 1 rings (SSSR count). The first-order valence-electron chi connectivity index (χ1n) is 5.34. The maximum absolute atomic E-state index is 11.6. The van der Waals surface area contributed by atoms with E-state index in [0.29, 0.717) is 0 Å². The third-order valence-electron chi connectivity index (χ3n) is 1.93. The Morgan fingerprint density at radius 3 is 2.65 bits per heavy atom. The second-order valence-electron chi connectivity index (χ2n) is 4.79. The molecule has 7 nitrogen and oxygen atoms in total. The molecule has 1 unspecified atom stereocenters. The minimum Gasteiger partial charge on any atom is -0.444 e. The van der Waals surface area contributed by atoms with Gasteiger partial charge in [0.1, 0.15) is 18.2 Å². The van der Waals surface area contributed by atoms with E-state index in [0.717, 1.165) is 5.06 Å². The van der Waals surface area contributed by atoms with E-state index in [1.165, 1.54) is 6.92 Å². The second-order valence-corrected chi connectivity index (χ2v) is 4.79. The van der Waals surface area contributed by atoms with Crippen LogP contribution in [0.3, 0.4) is 0 Å². The van der Waals surface area contributed by atoms with Crippen molar-refractivity contribution in [3.8, 4) is 0 Å². The number of nitrogens with zero attached hydrogens (tertiary/aromatic N) is 1. The lowest BCUT2D eigenvalue weighted by Gasteiger charge is -2.21. The zero-order valence-electron chi connectivity index (χ0n) is 10.4. The topological polar surface area (TPSA) is 88.1 Å². The Hall–Kier alpha value is -1.34. The highest BCUT2D eigenvalue weighted by Gasteiger charge is 2.37. The standard InChI is InChI=1S/C10H18N2O5/c1-6(13)12-8(14)7(5-16-12)11-9(15)17-10(2,3)4/h6-7,13H,5H2,1-4H3,(H,11,15)/t6?,7-/m1/s1. The van der Waals surface area contributed by atoms with Gasteiger partial charge < -0.3 is 15.2 Å². The third-order valence-corrected chi connectivity index (χ3v) is 1.93. The number of carbonyl (C=O) groups excluding carboxylic acids is 2. The zero-order chi connectivity index (χ0) is 13.2. The van der Waals surface area contributed by atoms with Gasteiger partial charge >= 0.3 is 6.09 Å². The fraction of sp³-hybridized carbons (Fsp3) is 0.800. The number of hydrogen-bond donors (Lipinski definition) is 2. The van der Waals surface area contributed by atoms with Gasteiger partial charge in [0, 0.05) is 0 Å². The van der Waals surface area contributed by atoms with Crippen molar-refractivity contribution in [1.82, 2.24) is 10.4 Å². The predicted molar refractivity (Wildman–Crippen MR) is 57.6 cm³/mol. The molecular weight excluding hydrogens is 228 g/mol. The number of hydrogen-bond acceptors (Lipinski definition) is 5. The van der Waals surface area contributed by atoms with E-state index in [-0.39, 0.29) is 6.61 Å². The lowest BCUT2D eigenvalue weighted by molar-refractivity contribution is -0.203. The van der Waals surface area contributed by atoms with Crippen molar-refractivity contribution >= 4 is 12.0 Å². The van der Waals surface area contributed by atoms with E-state index >= 15 is 0 Å². The summed E-state index contributed by atoms with van der Waals surface area (Å²) in [6.07, 6.45) is -1.74. The second kappa shape index (κ2) is 4.89. The average molecular weight is 246 g/mol. The largest absolute Gasteiger partial charge is 0.444 e. The number of aliphatic hydroxyl groups excluding tert-OH is 1. The number of ether oxygens (including phenoxy) is 1. The minimum atomic E-state index is -1.05. The molecule has 0 aromatic rings. The van der Waals surface area contributed by atoms with Crippen LogP contribution in [0.2, 0.25) is 0 Å². The highest BCUT2D eigenvalue weighted by atomic mass is 16.7. The van der Waals surface area contributed by atoms with Gasteiger partial charge in [0.25, 0.3) is 5.91 Å². The molecule has 0 bridgehead atoms. The molecule has 2 amide bonds. The van der Waals surface area contributed by atoms with E-state index in [9.17, 15) is 14.7 Å². The first-order valence-corrected chi connectivity index (χ1v) is 5.34. The minimum absolute atomic E-state index is 0.0109. The third kappa shape index (κ3) is 3.86. The molecule has 0 radical (unpaired) electrons. The molecular formula is C10H18N2O5. The highest BCUT2D eigenvalue weighted by Crippen LogP contribution is 2.12. The molecule has 0 aliphatic carbocycles. The highest BCUT2D eigenvalue weighted by molar-refractivity contribution is 5.86. The molecule has 17 heavy (non-hydrogen) atoms. The normalized spacial score (nSPS) is 22.5. The Labute approximate surface area is 99.6 Å². The molecule has 98 valence electrons. The monoisotopic (exact) mass is 246 g/mol. The molecule has 1 fully saturated rings. The van der Waals surface area contributed by atoms with E-state index in [1.54, 1.807) is 20.8 Å². The van der Waals surface area contributed by atoms with Crippen LogP contribution < -0.4 is 5.32 Å². The summed E-state index contributed by atoms with van der Waals surface area (Å²) in [5.74, 6) is -0.495. The Balaban J connectivity index is 2.49. The summed E-state index contributed by atoms with van der Waals surface area (Å²) in [5.41, 5.74) is -0.628. The Bertz CT molecular complexity index is 310. The molecule has 7 heteroatoms. The summed E-state index contributed by atoms with van der Waals surface area (Å²) in [6, 6.07) is -0.820. The lowest BCUT2D eigenvalue weighted by atomic mass is 10.2. The molecule has 0 aromatic carbocycles. The van der Waals surface area contributed by atoms with Gasteiger partial charge in [-0.15, -0.1) is 0 Å². The van der Waals surface area contributed by atoms with Crippen LogP contribution in [-0.4, -0.2) is 46.6 Å². The summed E-state index contributed by atoms with van der Waals surface area (Å²) in [6.45, 7) is 6.56. The van der Waals surface area contributed by atoms with Crippen LogP contribution in [0.25, 0.3) is 0 Å². The Morgan fingerprint density at radius 2 is 2.24 bits per heavy atom. The molecule has 1 saturated heterocycles. The van der Waals surface area contributed by atoms with Crippen LogP contribution in [0.4, 0.5) is 4.79 Å². The average Bonchev–Trinajstić information content (AvgIpc) is 2.44. The van der Waals surface area contributed by atoms with Gasteiger partial charge in [0.15, 0.2) is 6.23 Å². The van der Waals surface area contributed by atoms with Crippen molar-refractivity contribution in [1.29, 1.82) is 0 Å². The van der Waals surface area contributed by atoms with Gasteiger partial charge in [-0.2, -0.15) is 5.06 Å². The lowest BCUT2D eigenvalue weighted by Crippen LogP contribution is -2.46. The number of hydroxylamine groups is 2. The van der Waals surface area contributed by atoms with E-state index in [4.69, 9.17) is 9.57 Å². The molecule has 1 aliphatic heterocycles. The van der Waals surface area contributed by atoms with Crippen molar-refractivity contribution in [3.63, 3.8) is 0 Å². The maximum atomic E-state index is 11.6. The smallest absolute Gasteiger partial charge is 0.408 e. The van der Waals surface area contributed by atoms with Gasteiger partial charge in [-0.05, 0) is 27.7 Å². The summed E-state index contributed by atoms with van der Waals surface area (Å²) in [7, 11) is 0. The zero-order valence-corrected chi connectivity index (χ0v) is 10.4. The van der Waals surface area contributed by atoms with Crippen LogP contribution in [0.5, 0.6) is 0 Å². The van der Waals surface area contributed by atoms with E-state index < -0.39 is 29.9 Å². The quantitative estimate of drug-likeness (QED) is 0.715. The van der Waals surface area contributed by atoms with Crippen molar-refractivity contribution < 1.29 is 24.3 Å². The SMILES string of the molecule is CC(O)N1OC[C@@H](NC(=O)OC(C)(C)C)C1=O. The van der Waals surface area contributed by atoms with Crippen LogP contribution in [0.15, 0.2) is 0 Å². The summed E-state index contributed by atoms with van der Waals surface area (Å²) in [4.78, 5) is 28.0. The molecule has 1 aliphatic rings. The maximum Gasteiger partial charge on any atom is 0.408 e. The fourth-order valence-electron chi connectivity index (χ4n) is 1.29. The van der Waals surface area contributed by atoms with Crippen molar-refractivity contribution in [2.24, 2.45) is 0 Å². The molecule has 1 heterocycles. The molecule has 2 atom stereocenters. The first kappa shape index (κ1) is 13.7. The van der Waals surface area contributed by atoms with Gasteiger partial charge in [-0.3, -0.25) is 9.63 Å². The summed E-state index contributed by atoms with van der Waals surface area (Å²) in [5, 5.41) is 12.4. The summed E-state index contributed by atoms with van der Waals surface area (Å²) < 4.78 is 5.00. The molecule has 0 aromatic heterocycles. The first-order chi connectivity index (χ1) is 7.70. The Morgan fingerprint density at radius 1 is 1.65 bits per heavy atom. The van der Waals surface area contributed by atoms with Crippen molar-refractivity contribution in [3.05, 3.63) is 0 Å². The van der Waals surface area contributed by atoms with Gasteiger partial charge in [0.2, 0.25) is 0 Å². The summed E-state index contributed by atoms with van der Waals surface area (Å²) >= 11 is 0. The number of amides is 2. The number of alkyl carbamates (subject to hydrolysis) is 1. The molecule has 2 N–H and O–H groups in total. The number of rotatable bonds is 2. The van der Waals surface area contributed by atoms with Crippen molar-refractivity contribution in [2.75, 3.05) is 6.61 Å². The van der Waals surface area contributed by atoms with Crippen LogP contribution in [0.1, 0.15) is 27.7 Å². The molecule has 0 spiro atoms. The molecule has 0 saturated carbocycles. The number of carbonyl (C=O) groups is 2. The van der Waals surface area contributed by atoms with E-state index in [2.05, 4.69) is 5.32 Å². The number of nitrogens with one attached hydrogen (secondary N) is 1. The van der Waals surface area contributed by atoms with Crippen LogP contribution in [-0.2, 0) is 14.4 Å². The van der Waals surface area contributed by atoms with Gasteiger partial charge in [-0.1, -0.05) is 0 Å².